The molecule has 0 atom stereocenters. The molecule has 4 rings (SSSR count). The molecule has 3 heterocycles. The van der Waals surface area contributed by atoms with Gasteiger partial charge in [-0.05, 0) is 36.6 Å². The number of amides is 3. The van der Waals surface area contributed by atoms with Gasteiger partial charge in [0, 0.05) is 32.6 Å². The maximum absolute atomic E-state index is 13.5. The van der Waals surface area contributed by atoms with Crippen LogP contribution in [0.5, 0.6) is 0 Å². The second-order valence-corrected chi connectivity index (χ2v) is 9.60. The Bertz CT molecular complexity index is 1420. The summed E-state index contributed by atoms with van der Waals surface area (Å²) >= 11 is 6.11. The van der Waals surface area contributed by atoms with E-state index in [0.717, 1.165) is 19.3 Å². The van der Waals surface area contributed by atoms with E-state index in [-0.39, 0.29) is 11.7 Å². The fraction of sp³-hybridized carbons (Fsp3) is 0.357. The van der Waals surface area contributed by atoms with Crippen LogP contribution in [-0.2, 0) is 6.18 Å². The molecular formula is C28H28ClF3N6O3. The highest BCUT2D eigenvalue weighted by atomic mass is 35.5. The van der Waals surface area contributed by atoms with Gasteiger partial charge in [-0.3, -0.25) is 4.79 Å². The normalized spacial score (nSPS) is 13.4. The number of carbonyl (C=O) groups is 2. The van der Waals surface area contributed by atoms with Gasteiger partial charge in [0.15, 0.2) is 5.69 Å². The highest BCUT2D eigenvalue weighted by molar-refractivity contribution is 6.33. The van der Waals surface area contributed by atoms with Gasteiger partial charge in [0.2, 0.25) is 5.76 Å². The monoisotopic (exact) mass is 588 g/mol. The molecule has 9 nitrogen and oxygen atoms in total. The zero-order valence-electron chi connectivity index (χ0n) is 22.2. The Morgan fingerprint density at radius 1 is 1.07 bits per heavy atom. The smallest absolute Gasteiger partial charge is 0.424 e. The van der Waals surface area contributed by atoms with Crippen molar-refractivity contribution >= 4 is 40.7 Å². The molecule has 1 saturated heterocycles. The summed E-state index contributed by atoms with van der Waals surface area (Å²) in [5.74, 6) is 3.23. The van der Waals surface area contributed by atoms with Crippen LogP contribution in [0.4, 0.5) is 35.2 Å². The van der Waals surface area contributed by atoms with Gasteiger partial charge < -0.3 is 24.9 Å². The first-order valence-corrected chi connectivity index (χ1v) is 13.4. The zero-order valence-corrected chi connectivity index (χ0v) is 23.0. The second kappa shape index (κ2) is 13.4. The standard InChI is InChI=1S/C28H28ClF3N6O3/c1-2-3-4-5-6-11-23-36-25(28(30,31)32)24(41-23)26(39)34-19-12-13-22(33-18-19)37-14-16-38(17-15-37)27(40)35-21-10-8-7-9-20(21)29/h7-10,12-13,18H,2-5,14-17H2,1H3,(H,34,39)(H,35,40). The molecule has 1 fully saturated rings. The number of hydrogen-bond acceptors (Lipinski definition) is 6. The van der Waals surface area contributed by atoms with Gasteiger partial charge in [0.1, 0.15) is 5.82 Å². The number of benzene rings is 1. The van der Waals surface area contributed by atoms with Crippen LogP contribution in [0.3, 0.4) is 0 Å². The molecular weight excluding hydrogens is 561 g/mol. The Morgan fingerprint density at radius 3 is 2.49 bits per heavy atom. The number of para-hydroxylation sites is 1. The third-order valence-electron chi connectivity index (χ3n) is 6.21. The van der Waals surface area contributed by atoms with E-state index >= 15 is 0 Å². The number of pyridine rings is 1. The zero-order chi connectivity index (χ0) is 29.4. The van der Waals surface area contributed by atoms with Crippen molar-refractivity contribution < 1.29 is 27.2 Å². The molecule has 0 radical (unpaired) electrons. The molecule has 3 aromatic rings. The second-order valence-electron chi connectivity index (χ2n) is 9.20. The number of aromatic nitrogens is 2. The van der Waals surface area contributed by atoms with Crippen molar-refractivity contribution in [3.63, 3.8) is 0 Å². The number of oxazole rings is 1. The molecule has 3 amide bonds. The summed E-state index contributed by atoms with van der Waals surface area (Å²) < 4.78 is 45.6. The highest BCUT2D eigenvalue weighted by Gasteiger charge is 2.41. The molecule has 13 heteroatoms. The Morgan fingerprint density at radius 2 is 1.83 bits per heavy atom. The number of halogens is 4. The number of nitrogens with zero attached hydrogens (tertiary/aromatic N) is 4. The summed E-state index contributed by atoms with van der Waals surface area (Å²) in [7, 11) is 0. The summed E-state index contributed by atoms with van der Waals surface area (Å²) in [4.78, 5) is 36.6. The first-order chi connectivity index (χ1) is 19.7. The Hall–Kier alpha value is -4.24. The third-order valence-corrected chi connectivity index (χ3v) is 6.54. The largest absolute Gasteiger partial charge is 0.437 e. The summed E-state index contributed by atoms with van der Waals surface area (Å²) in [5.41, 5.74) is -0.734. The number of hydrogen-bond donors (Lipinski definition) is 2. The van der Waals surface area contributed by atoms with Crippen LogP contribution in [0.25, 0.3) is 0 Å². The summed E-state index contributed by atoms with van der Waals surface area (Å²) in [6.07, 6.45) is -0.329. The number of carbonyl (C=O) groups excluding carboxylic acids is 2. The number of anilines is 3. The van der Waals surface area contributed by atoms with Crippen molar-refractivity contribution in [2.75, 3.05) is 41.7 Å². The van der Waals surface area contributed by atoms with Gasteiger partial charge in [0.25, 0.3) is 11.8 Å². The maximum atomic E-state index is 13.5. The summed E-state index contributed by atoms with van der Waals surface area (Å²) in [6, 6.07) is 9.85. The predicted octanol–water partition coefficient (Wildman–Crippen LogP) is 6.28. The minimum atomic E-state index is -4.90. The van der Waals surface area contributed by atoms with Crippen molar-refractivity contribution in [1.29, 1.82) is 0 Å². The minimum absolute atomic E-state index is 0.174. The van der Waals surface area contributed by atoms with Gasteiger partial charge in [-0.1, -0.05) is 49.4 Å². The van der Waals surface area contributed by atoms with Crippen LogP contribution in [0, 0.1) is 11.8 Å². The first kappa shape index (κ1) is 29.7. The van der Waals surface area contributed by atoms with Crippen molar-refractivity contribution in [1.82, 2.24) is 14.9 Å². The van der Waals surface area contributed by atoms with E-state index in [2.05, 4.69) is 32.4 Å². The summed E-state index contributed by atoms with van der Waals surface area (Å²) in [6.45, 7) is 3.91. The lowest BCUT2D eigenvalue weighted by molar-refractivity contribution is -0.141. The summed E-state index contributed by atoms with van der Waals surface area (Å²) in [5, 5.41) is 5.62. The average Bonchev–Trinajstić information content (AvgIpc) is 3.40. The SMILES string of the molecule is CCCCCC#Cc1nc(C(F)(F)F)c(C(=O)Nc2ccc(N3CCN(C(=O)Nc4ccccc4Cl)CC3)nc2)o1. The van der Waals surface area contributed by atoms with Crippen molar-refractivity contribution in [2.24, 2.45) is 0 Å². The van der Waals surface area contributed by atoms with Crippen molar-refractivity contribution in [3.05, 3.63) is 65.0 Å². The molecule has 0 unspecified atom stereocenters. The van der Waals surface area contributed by atoms with Crippen LogP contribution >= 0.6 is 11.6 Å². The molecule has 2 N–H and O–H groups in total. The lowest BCUT2D eigenvalue weighted by atomic mass is 10.2. The molecule has 1 aromatic carbocycles. The molecule has 0 spiro atoms. The van der Waals surface area contributed by atoms with Gasteiger partial charge in [-0.15, -0.1) is 0 Å². The topological polar surface area (TPSA) is 104 Å². The molecule has 0 saturated carbocycles. The fourth-order valence-corrected chi connectivity index (χ4v) is 4.23. The lowest BCUT2D eigenvalue weighted by Gasteiger charge is -2.35. The average molecular weight is 589 g/mol. The van der Waals surface area contributed by atoms with Gasteiger partial charge in [0.05, 0.1) is 22.6 Å². The molecule has 0 aliphatic carbocycles. The molecule has 1 aliphatic rings. The maximum Gasteiger partial charge on any atom is 0.437 e. The fourth-order valence-electron chi connectivity index (χ4n) is 4.05. The van der Waals surface area contributed by atoms with Gasteiger partial charge >= 0.3 is 12.2 Å². The van der Waals surface area contributed by atoms with E-state index in [0.29, 0.717) is 49.1 Å². The van der Waals surface area contributed by atoms with E-state index in [1.165, 1.54) is 12.3 Å². The van der Waals surface area contributed by atoms with E-state index in [9.17, 15) is 22.8 Å². The van der Waals surface area contributed by atoms with Crippen molar-refractivity contribution in [2.45, 2.75) is 38.8 Å². The van der Waals surface area contributed by atoms with Crippen LogP contribution in [-0.4, -0.2) is 53.0 Å². The van der Waals surface area contributed by atoms with Crippen LogP contribution in [0.2, 0.25) is 5.02 Å². The van der Waals surface area contributed by atoms with Crippen LogP contribution < -0.4 is 15.5 Å². The number of urea groups is 1. The number of piperazine rings is 1. The minimum Gasteiger partial charge on any atom is -0.424 e. The number of alkyl halides is 3. The lowest BCUT2D eigenvalue weighted by Crippen LogP contribution is -2.50. The number of unbranched alkanes of at least 4 members (excludes halogenated alkanes) is 3. The Labute approximate surface area is 240 Å². The predicted molar refractivity (Wildman–Crippen MR) is 149 cm³/mol. The van der Waals surface area contributed by atoms with E-state index in [1.807, 2.05) is 11.8 Å². The van der Waals surface area contributed by atoms with Gasteiger partial charge in [-0.2, -0.15) is 18.2 Å². The Kier molecular flexibility index (Phi) is 9.73. The number of rotatable bonds is 7. The molecule has 1 aliphatic heterocycles. The van der Waals surface area contributed by atoms with E-state index in [4.69, 9.17) is 16.0 Å². The molecule has 2 aromatic heterocycles. The highest BCUT2D eigenvalue weighted by Crippen LogP contribution is 2.32. The van der Waals surface area contributed by atoms with Crippen molar-refractivity contribution in [3.8, 4) is 11.8 Å². The first-order valence-electron chi connectivity index (χ1n) is 13.1. The molecule has 0 bridgehead atoms. The quantitative estimate of drug-likeness (QED) is 0.249. The van der Waals surface area contributed by atoms with E-state index in [1.54, 1.807) is 35.2 Å². The van der Waals surface area contributed by atoms with E-state index < -0.39 is 29.4 Å². The van der Waals surface area contributed by atoms with Crippen LogP contribution in [0.15, 0.2) is 47.0 Å². The van der Waals surface area contributed by atoms with Gasteiger partial charge in [-0.25, -0.2) is 9.78 Å². The molecule has 41 heavy (non-hydrogen) atoms. The molecule has 216 valence electrons. The number of nitrogens with one attached hydrogen (secondary N) is 2. The Balaban J connectivity index is 1.34. The third kappa shape index (κ3) is 7.91. The van der Waals surface area contributed by atoms with Crippen LogP contribution in [0.1, 0.15) is 54.7 Å².